The molecule has 0 unspecified atom stereocenters. The molecule has 0 radical (unpaired) electrons. The predicted octanol–water partition coefficient (Wildman–Crippen LogP) is 4.68. The van der Waals surface area contributed by atoms with Gasteiger partial charge in [0.25, 0.3) is 8.32 Å². The average Bonchev–Trinajstić information content (AvgIpc) is 2.73. The van der Waals surface area contributed by atoms with E-state index in [2.05, 4.69) is 74.6 Å². The monoisotopic (exact) mass is 469 g/mol. The van der Waals surface area contributed by atoms with Crippen LogP contribution in [0.4, 0.5) is 4.79 Å². The minimum Gasteiger partial charge on any atom is -0.444 e. The molecule has 2 atom stereocenters. The molecule has 0 aliphatic heterocycles. The van der Waals surface area contributed by atoms with Gasteiger partial charge < -0.3 is 19.3 Å². The van der Waals surface area contributed by atoms with Crippen LogP contribution in [0.15, 0.2) is 60.7 Å². The smallest absolute Gasteiger partial charge is 0.407 e. The highest BCUT2D eigenvalue weighted by Gasteiger charge is 2.50. The molecule has 1 N–H and O–H groups in total. The Bertz CT molecular complexity index is 848. The Labute approximate surface area is 200 Å². The van der Waals surface area contributed by atoms with Crippen LogP contribution in [0.1, 0.15) is 54.9 Å². The maximum Gasteiger partial charge on any atom is 0.407 e. The van der Waals surface area contributed by atoms with Crippen molar-refractivity contribution in [2.45, 2.75) is 71.6 Å². The van der Waals surface area contributed by atoms with Crippen molar-refractivity contribution in [1.82, 2.24) is 5.32 Å². The van der Waals surface area contributed by atoms with Crippen LogP contribution in [0.2, 0.25) is 5.04 Å². The fourth-order valence-electron chi connectivity index (χ4n) is 4.13. The molecule has 0 fully saturated rings. The number of ether oxygens (including phenoxy) is 1. The summed E-state index contributed by atoms with van der Waals surface area (Å²) in [6.45, 7) is 14.5. The Morgan fingerprint density at radius 2 is 1.42 bits per heavy atom. The van der Waals surface area contributed by atoms with E-state index in [0.29, 0.717) is 6.61 Å². The zero-order chi connectivity index (χ0) is 24.7. The summed E-state index contributed by atoms with van der Waals surface area (Å²) >= 11 is 0. The molecule has 0 aliphatic rings. The van der Waals surface area contributed by atoms with Gasteiger partial charge in [-0.25, -0.2) is 4.79 Å². The van der Waals surface area contributed by atoms with Crippen molar-refractivity contribution in [2.24, 2.45) is 5.92 Å². The first-order chi connectivity index (χ1) is 15.4. The molecular formula is C27H39NO4Si. The summed E-state index contributed by atoms with van der Waals surface area (Å²) < 4.78 is 12.4. The van der Waals surface area contributed by atoms with E-state index in [0.717, 1.165) is 6.29 Å². The summed E-state index contributed by atoms with van der Waals surface area (Å²) in [4.78, 5) is 23.7. The summed E-state index contributed by atoms with van der Waals surface area (Å²) in [5.74, 6) is -0.0932. The van der Waals surface area contributed by atoms with Gasteiger partial charge in [0.15, 0.2) is 0 Å². The minimum absolute atomic E-state index is 0.0932. The topological polar surface area (TPSA) is 64.6 Å². The maximum atomic E-state index is 12.4. The van der Waals surface area contributed by atoms with Crippen LogP contribution in [-0.2, 0) is 14.0 Å². The number of carbonyl (C=O) groups is 2. The zero-order valence-corrected chi connectivity index (χ0v) is 22.1. The van der Waals surface area contributed by atoms with Crippen molar-refractivity contribution >= 4 is 31.1 Å². The van der Waals surface area contributed by atoms with Gasteiger partial charge in [-0.05, 0) is 42.1 Å². The number of aldehydes is 1. The first-order valence-corrected chi connectivity index (χ1v) is 13.5. The largest absolute Gasteiger partial charge is 0.444 e. The highest BCUT2D eigenvalue weighted by Crippen LogP contribution is 2.37. The van der Waals surface area contributed by atoms with Gasteiger partial charge in [0.1, 0.15) is 11.9 Å². The normalized spacial score (nSPS) is 14.3. The van der Waals surface area contributed by atoms with Crippen LogP contribution in [0.5, 0.6) is 0 Å². The van der Waals surface area contributed by atoms with E-state index in [4.69, 9.17) is 9.16 Å². The second-order valence-electron chi connectivity index (χ2n) is 10.6. The fourth-order valence-corrected chi connectivity index (χ4v) is 8.80. The van der Waals surface area contributed by atoms with Gasteiger partial charge in [-0.2, -0.15) is 0 Å². The van der Waals surface area contributed by atoms with Gasteiger partial charge >= 0.3 is 6.09 Å². The number of alkyl carbamates (subject to hydrolysis) is 1. The average molecular weight is 470 g/mol. The summed E-state index contributed by atoms with van der Waals surface area (Å²) in [7, 11) is -2.69. The number of benzene rings is 2. The second-order valence-corrected chi connectivity index (χ2v) is 14.9. The number of nitrogens with one attached hydrogen (secondary N) is 1. The number of hydrogen-bond donors (Lipinski definition) is 1. The first kappa shape index (κ1) is 26.8. The Morgan fingerprint density at radius 1 is 0.939 bits per heavy atom. The molecule has 0 spiro atoms. The Kier molecular flexibility index (Phi) is 9.03. The second kappa shape index (κ2) is 11.1. The maximum absolute atomic E-state index is 12.4. The van der Waals surface area contributed by atoms with Crippen LogP contribution >= 0.6 is 0 Å². The van der Waals surface area contributed by atoms with Crippen molar-refractivity contribution in [3.63, 3.8) is 0 Å². The van der Waals surface area contributed by atoms with Crippen molar-refractivity contribution in [2.75, 3.05) is 6.61 Å². The van der Waals surface area contributed by atoms with E-state index in [1.54, 1.807) is 0 Å². The quantitative estimate of drug-likeness (QED) is 0.428. The molecular weight excluding hydrogens is 430 g/mol. The predicted molar refractivity (Wildman–Crippen MR) is 137 cm³/mol. The molecule has 2 aromatic carbocycles. The molecule has 0 heterocycles. The van der Waals surface area contributed by atoms with Crippen LogP contribution in [0, 0.1) is 5.92 Å². The van der Waals surface area contributed by atoms with Crippen LogP contribution in [-0.4, -0.2) is 38.9 Å². The fraction of sp³-hybridized carbons (Fsp3) is 0.481. The van der Waals surface area contributed by atoms with Crippen molar-refractivity contribution < 1.29 is 18.8 Å². The molecule has 5 nitrogen and oxygen atoms in total. The summed E-state index contributed by atoms with van der Waals surface area (Å²) in [6.07, 6.45) is 0.512. The molecule has 0 saturated carbocycles. The van der Waals surface area contributed by atoms with Crippen molar-refractivity contribution in [3.8, 4) is 0 Å². The summed E-state index contributed by atoms with van der Waals surface area (Å²) in [5.41, 5.74) is -0.607. The van der Waals surface area contributed by atoms with Crippen molar-refractivity contribution in [3.05, 3.63) is 60.7 Å². The molecule has 0 bridgehead atoms. The molecule has 1 amide bonds. The molecule has 6 heteroatoms. The van der Waals surface area contributed by atoms with Gasteiger partial charge in [-0.3, -0.25) is 0 Å². The SMILES string of the molecule is C[C@H](CO[Si](c1ccccc1)(c1ccccc1)C(C)(C)C)[C@@H](CC=O)NC(=O)OC(C)(C)C. The van der Waals surface area contributed by atoms with Gasteiger partial charge in [-0.1, -0.05) is 88.4 Å². The molecule has 2 aromatic rings. The Balaban J connectivity index is 2.36. The third kappa shape index (κ3) is 7.02. The lowest BCUT2D eigenvalue weighted by Crippen LogP contribution is -2.67. The first-order valence-electron chi connectivity index (χ1n) is 11.6. The number of hydrogen-bond acceptors (Lipinski definition) is 4. The third-order valence-corrected chi connectivity index (χ3v) is 10.7. The van der Waals surface area contributed by atoms with E-state index < -0.39 is 20.0 Å². The minimum atomic E-state index is -2.69. The lowest BCUT2D eigenvalue weighted by atomic mass is 10.0. The van der Waals surface area contributed by atoms with Gasteiger partial charge in [0, 0.05) is 19.1 Å². The van der Waals surface area contributed by atoms with E-state index in [-0.39, 0.29) is 23.4 Å². The molecule has 0 aliphatic carbocycles. The Hall–Kier alpha value is -2.44. The van der Waals surface area contributed by atoms with Gasteiger partial charge in [0.2, 0.25) is 0 Å². The van der Waals surface area contributed by atoms with Gasteiger partial charge in [-0.15, -0.1) is 0 Å². The van der Waals surface area contributed by atoms with Crippen LogP contribution in [0.3, 0.4) is 0 Å². The molecule has 180 valence electrons. The number of carbonyl (C=O) groups excluding carboxylic acids is 2. The number of amides is 1. The van der Waals surface area contributed by atoms with E-state index in [1.165, 1.54) is 10.4 Å². The lowest BCUT2D eigenvalue weighted by molar-refractivity contribution is -0.108. The zero-order valence-electron chi connectivity index (χ0n) is 21.1. The molecule has 2 rings (SSSR count). The summed E-state index contributed by atoms with van der Waals surface area (Å²) in [6, 6.07) is 20.5. The van der Waals surface area contributed by atoms with Crippen molar-refractivity contribution in [1.29, 1.82) is 0 Å². The highest BCUT2D eigenvalue weighted by atomic mass is 28.4. The number of rotatable bonds is 9. The van der Waals surface area contributed by atoms with E-state index in [9.17, 15) is 9.59 Å². The lowest BCUT2D eigenvalue weighted by Gasteiger charge is -2.44. The van der Waals surface area contributed by atoms with Crippen LogP contribution < -0.4 is 15.7 Å². The van der Waals surface area contributed by atoms with E-state index in [1.807, 2.05) is 39.8 Å². The third-order valence-electron chi connectivity index (χ3n) is 5.72. The standard InChI is InChI=1S/C27H39NO4Si/c1-21(24(18-19-29)28-25(30)32-26(2,3)4)20-31-33(27(5,6)7,22-14-10-8-11-15-22)23-16-12-9-13-17-23/h8-17,19,21,24H,18,20H2,1-7H3,(H,28,30)/t21-,24-/m1/s1. The van der Waals surface area contributed by atoms with Crippen LogP contribution in [0.25, 0.3) is 0 Å². The highest BCUT2D eigenvalue weighted by molar-refractivity contribution is 6.99. The summed E-state index contributed by atoms with van der Waals surface area (Å²) in [5, 5.41) is 5.12. The van der Waals surface area contributed by atoms with E-state index >= 15 is 0 Å². The Morgan fingerprint density at radius 3 is 1.82 bits per heavy atom. The molecule has 0 aromatic heterocycles. The molecule has 0 saturated heterocycles. The van der Waals surface area contributed by atoms with Gasteiger partial charge in [0.05, 0.1) is 0 Å². The molecule has 33 heavy (non-hydrogen) atoms.